The Morgan fingerprint density at radius 2 is 1.72 bits per heavy atom. The van der Waals surface area contributed by atoms with Crippen molar-refractivity contribution in [3.63, 3.8) is 0 Å². The minimum absolute atomic E-state index is 0.234. The van der Waals surface area contributed by atoms with Gasteiger partial charge in [-0.3, -0.25) is 0 Å². The molecule has 0 aromatic heterocycles. The zero-order chi connectivity index (χ0) is 13.5. The minimum Gasteiger partial charge on any atom is -0.396 e. The Bertz CT molecular complexity index is 355. The number of hydrogen-bond acceptors (Lipinski definition) is 1. The first-order valence-corrected chi connectivity index (χ1v) is 7.30. The molecule has 0 bridgehead atoms. The van der Waals surface area contributed by atoms with Crippen LogP contribution < -0.4 is 0 Å². The van der Waals surface area contributed by atoms with Gasteiger partial charge in [0.1, 0.15) is 0 Å². The number of benzene rings is 1. The van der Waals surface area contributed by atoms with Crippen LogP contribution in [0.25, 0.3) is 0 Å². The molecule has 1 heteroatoms. The fraction of sp³-hybridized carbons (Fsp3) is 0.647. The molecule has 1 N–H and O–H groups in total. The van der Waals surface area contributed by atoms with Crippen LogP contribution in [-0.4, -0.2) is 11.7 Å². The van der Waals surface area contributed by atoms with Crippen LogP contribution >= 0.6 is 0 Å². The van der Waals surface area contributed by atoms with Crippen LogP contribution in [0.2, 0.25) is 0 Å². The molecular formula is C17H28O. The van der Waals surface area contributed by atoms with E-state index in [4.69, 9.17) is 0 Å². The van der Waals surface area contributed by atoms with Crippen LogP contribution in [0.15, 0.2) is 18.2 Å². The van der Waals surface area contributed by atoms with Crippen LogP contribution in [0, 0.1) is 5.92 Å². The number of aliphatic hydroxyl groups is 1. The van der Waals surface area contributed by atoms with E-state index in [0.717, 1.165) is 12.8 Å². The van der Waals surface area contributed by atoms with Gasteiger partial charge in [-0.25, -0.2) is 0 Å². The molecule has 102 valence electrons. The van der Waals surface area contributed by atoms with Gasteiger partial charge in [0.05, 0.1) is 0 Å². The van der Waals surface area contributed by atoms with E-state index in [9.17, 15) is 5.11 Å². The molecule has 1 aromatic rings. The van der Waals surface area contributed by atoms with E-state index in [1.54, 1.807) is 0 Å². The van der Waals surface area contributed by atoms with E-state index in [1.165, 1.54) is 29.5 Å². The van der Waals surface area contributed by atoms with E-state index in [2.05, 4.69) is 45.9 Å². The number of unbranched alkanes of at least 4 members (excludes halogenated alkanes) is 1. The average molecular weight is 248 g/mol. The molecule has 1 nitrogen and oxygen atoms in total. The van der Waals surface area contributed by atoms with Gasteiger partial charge in [-0.2, -0.15) is 0 Å². The molecule has 1 atom stereocenters. The Morgan fingerprint density at radius 1 is 1.06 bits per heavy atom. The van der Waals surface area contributed by atoms with Gasteiger partial charge in [-0.15, -0.1) is 0 Å². The summed E-state index contributed by atoms with van der Waals surface area (Å²) in [5.41, 5.74) is 4.15. The van der Waals surface area contributed by atoms with Gasteiger partial charge in [0, 0.05) is 12.5 Å². The van der Waals surface area contributed by atoms with Gasteiger partial charge in [-0.05, 0) is 41.9 Å². The second kappa shape index (κ2) is 7.58. The molecule has 0 amide bonds. The Kier molecular flexibility index (Phi) is 6.42. The highest BCUT2D eigenvalue weighted by Crippen LogP contribution is 2.21. The third kappa shape index (κ3) is 4.81. The maximum Gasteiger partial charge on any atom is 0.0497 e. The summed E-state index contributed by atoms with van der Waals surface area (Å²) in [5.74, 6) is 0.932. The summed E-state index contributed by atoms with van der Waals surface area (Å²) in [5, 5.41) is 9.33. The van der Waals surface area contributed by atoms with Gasteiger partial charge in [0.25, 0.3) is 0 Å². The van der Waals surface area contributed by atoms with Crippen molar-refractivity contribution in [2.24, 2.45) is 5.92 Å². The molecule has 18 heavy (non-hydrogen) atoms. The van der Waals surface area contributed by atoms with Crippen molar-refractivity contribution < 1.29 is 5.11 Å². The minimum atomic E-state index is 0.234. The van der Waals surface area contributed by atoms with Crippen molar-refractivity contribution in [1.82, 2.24) is 0 Å². The fourth-order valence-electron chi connectivity index (χ4n) is 2.30. The number of aliphatic hydroxyl groups excluding tert-OH is 1. The smallest absolute Gasteiger partial charge is 0.0497 e. The second-order valence-corrected chi connectivity index (χ2v) is 5.87. The van der Waals surface area contributed by atoms with E-state index < -0.39 is 0 Å². The molecule has 1 aromatic carbocycles. The average Bonchev–Trinajstić information content (AvgIpc) is 2.34. The van der Waals surface area contributed by atoms with Crippen molar-refractivity contribution in [2.75, 3.05) is 6.61 Å². The third-order valence-corrected chi connectivity index (χ3v) is 3.38. The molecule has 0 aliphatic carbocycles. The third-order valence-electron chi connectivity index (χ3n) is 3.38. The van der Waals surface area contributed by atoms with E-state index >= 15 is 0 Å². The van der Waals surface area contributed by atoms with Crippen LogP contribution in [0.1, 0.15) is 63.1 Å². The fourth-order valence-corrected chi connectivity index (χ4v) is 2.30. The molecule has 0 saturated carbocycles. The zero-order valence-corrected chi connectivity index (χ0v) is 12.4. The topological polar surface area (TPSA) is 20.2 Å². The molecule has 1 unspecified atom stereocenters. The normalized spacial score (nSPS) is 13.0. The summed E-state index contributed by atoms with van der Waals surface area (Å²) in [6.45, 7) is 9.08. The molecule has 1 rings (SSSR count). The number of hydrogen-bond donors (Lipinski definition) is 1. The Morgan fingerprint density at radius 3 is 2.28 bits per heavy atom. The van der Waals surface area contributed by atoms with Gasteiger partial charge in [0.2, 0.25) is 0 Å². The Hall–Kier alpha value is -0.820. The molecule has 0 radical (unpaired) electrons. The maximum atomic E-state index is 9.33. The molecule has 0 aliphatic rings. The molecule has 0 saturated heterocycles. The van der Waals surface area contributed by atoms with Crippen molar-refractivity contribution in [3.8, 4) is 0 Å². The van der Waals surface area contributed by atoms with Crippen LogP contribution in [0.4, 0.5) is 0 Å². The first-order chi connectivity index (χ1) is 8.56. The van der Waals surface area contributed by atoms with E-state index in [1.807, 2.05) is 0 Å². The Balaban J connectivity index is 2.95. The monoisotopic (exact) mass is 248 g/mol. The van der Waals surface area contributed by atoms with Crippen LogP contribution in [0.5, 0.6) is 0 Å². The summed E-state index contributed by atoms with van der Waals surface area (Å²) >= 11 is 0. The lowest BCUT2D eigenvalue weighted by Crippen LogP contribution is -2.03. The zero-order valence-electron chi connectivity index (χ0n) is 12.4. The molecular weight excluding hydrogens is 220 g/mol. The van der Waals surface area contributed by atoms with Crippen molar-refractivity contribution >= 4 is 0 Å². The largest absolute Gasteiger partial charge is 0.396 e. The SMILES string of the molecule is CCCCc1cc(CC(C)C)cc(C(C)CO)c1. The number of rotatable bonds is 7. The molecule has 0 heterocycles. The lowest BCUT2D eigenvalue weighted by molar-refractivity contribution is 0.273. The van der Waals surface area contributed by atoms with Crippen molar-refractivity contribution in [3.05, 3.63) is 34.9 Å². The van der Waals surface area contributed by atoms with Crippen molar-refractivity contribution in [2.45, 2.75) is 59.3 Å². The highest BCUT2D eigenvalue weighted by atomic mass is 16.3. The second-order valence-electron chi connectivity index (χ2n) is 5.87. The lowest BCUT2D eigenvalue weighted by Gasteiger charge is -2.14. The van der Waals surface area contributed by atoms with Crippen molar-refractivity contribution in [1.29, 1.82) is 0 Å². The number of aryl methyl sites for hydroxylation is 1. The lowest BCUT2D eigenvalue weighted by atomic mass is 9.92. The van der Waals surface area contributed by atoms with E-state index in [-0.39, 0.29) is 12.5 Å². The van der Waals surface area contributed by atoms with Crippen LogP contribution in [-0.2, 0) is 12.8 Å². The first-order valence-electron chi connectivity index (χ1n) is 7.30. The highest BCUT2D eigenvalue weighted by molar-refractivity contribution is 5.32. The summed E-state index contributed by atoms with van der Waals surface area (Å²) in [6.07, 6.45) is 4.77. The predicted molar refractivity (Wildman–Crippen MR) is 79.1 cm³/mol. The molecule has 0 spiro atoms. The van der Waals surface area contributed by atoms with Gasteiger partial charge in [0.15, 0.2) is 0 Å². The first kappa shape index (κ1) is 15.2. The van der Waals surface area contributed by atoms with Gasteiger partial charge >= 0.3 is 0 Å². The van der Waals surface area contributed by atoms with Gasteiger partial charge in [-0.1, -0.05) is 52.3 Å². The quantitative estimate of drug-likeness (QED) is 0.761. The highest BCUT2D eigenvalue weighted by Gasteiger charge is 2.08. The van der Waals surface area contributed by atoms with E-state index in [0.29, 0.717) is 5.92 Å². The molecule has 0 fully saturated rings. The predicted octanol–water partition coefficient (Wildman–Crippen LogP) is 4.32. The maximum absolute atomic E-state index is 9.33. The standard InChI is InChI=1S/C17H28O/c1-5-6-7-15-9-16(8-13(2)3)11-17(10-15)14(4)12-18/h9-11,13-14,18H,5-8,12H2,1-4H3. The Labute approximate surface area is 112 Å². The molecule has 0 aliphatic heterocycles. The summed E-state index contributed by atoms with van der Waals surface area (Å²) in [7, 11) is 0. The van der Waals surface area contributed by atoms with Gasteiger partial charge < -0.3 is 5.11 Å². The summed E-state index contributed by atoms with van der Waals surface area (Å²) in [4.78, 5) is 0. The summed E-state index contributed by atoms with van der Waals surface area (Å²) in [6, 6.07) is 6.90. The summed E-state index contributed by atoms with van der Waals surface area (Å²) < 4.78 is 0. The van der Waals surface area contributed by atoms with Crippen LogP contribution in [0.3, 0.4) is 0 Å².